The maximum Gasteiger partial charge on any atom is 0.264 e. The van der Waals surface area contributed by atoms with Gasteiger partial charge in [-0.25, -0.2) is 17.7 Å². The summed E-state index contributed by atoms with van der Waals surface area (Å²) in [7, 11) is -0.637. The summed E-state index contributed by atoms with van der Waals surface area (Å²) in [4.78, 5) is 33.7. The Kier molecular flexibility index (Phi) is 6.56. The third kappa shape index (κ3) is 4.68. The average Bonchev–Trinajstić information content (AvgIpc) is 3.46. The van der Waals surface area contributed by atoms with E-state index in [1.54, 1.807) is 21.9 Å². The third-order valence-corrected chi connectivity index (χ3v) is 8.57. The molecule has 4 rings (SSSR count). The number of fused-ring (bicyclic) bond motifs is 1. The van der Waals surface area contributed by atoms with Crippen molar-refractivity contribution in [2.75, 3.05) is 46.0 Å². The van der Waals surface area contributed by atoms with Crippen LogP contribution in [0, 0.1) is 0 Å². The molecule has 2 aromatic heterocycles. The topological polar surface area (TPSA) is 104 Å². The van der Waals surface area contributed by atoms with E-state index in [-0.39, 0.29) is 22.5 Å². The number of hydrogen-bond donors (Lipinski definition) is 0. The molecule has 12 heteroatoms. The summed E-state index contributed by atoms with van der Waals surface area (Å²) < 4.78 is 31.4. The highest BCUT2D eigenvalue weighted by atomic mass is 32.2. The maximum absolute atomic E-state index is 12.6. The quantitative estimate of drug-likeness (QED) is 0.484. The van der Waals surface area contributed by atoms with Gasteiger partial charge in [-0.2, -0.15) is 0 Å². The Hall–Kier alpha value is -2.41. The van der Waals surface area contributed by atoms with Gasteiger partial charge >= 0.3 is 0 Å². The van der Waals surface area contributed by atoms with Crippen LogP contribution in [0.2, 0.25) is 0 Å². The molecule has 1 saturated heterocycles. The summed E-state index contributed by atoms with van der Waals surface area (Å²) in [5, 5.41) is 2.18. The molecule has 32 heavy (non-hydrogen) atoms. The first-order chi connectivity index (χ1) is 15.3. The van der Waals surface area contributed by atoms with Crippen molar-refractivity contribution in [1.82, 2.24) is 19.1 Å². The minimum Gasteiger partial charge on any atom is -0.431 e. The van der Waals surface area contributed by atoms with Gasteiger partial charge in [0.15, 0.2) is 5.58 Å². The highest BCUT2D eigenvalue weighted by Gasteiger charge is 2.26. The monoisotopic (exact) mass is 494 g/mol. The molecule has 0 atom stereocenters. The summed E-state index contributed by atoms with van der Waals surface area (Å²) in [6.45, 7) is 1.96. The predicted octanol–water partition coefficient (Wildman–Crippen LogP) is 2.22. The molecule has 0 unspecified atom stereocenters. The zero-order chi connectivity index (χ0) is 22.9. The van der Waals surface area contributed by atoms with E-state index in [4.69, 9.17) is 4.42 Å². The Morgan fingerprint density at radius 1 is 1.16 bits per heavy atom. The van der Waals surface area contributed by atoms with E-state index in [1.165, 1.54) is 37.6 Å². The molecule has 3 aromatic rings. The lowest BCUT2D eigenvalue weighted by molar-refractivity contribution is -0.129. The summed E-state index contributed by atoms with van der Waals surface area (Å²) >= 11 is 2.58. The van der Waals surface area contributed by atoms with Gasteiger partial charge in [0.25, 0.3) is 11.1 Å². The fourth-order valence-electron chi connectivity index (χ4n) is 3.25. The Morgan fingerprint density at radius 3 is 2.53 bits per heavy atom. The molecule has 1 aliphatic rings. The van der Waals surface area contributed by atoms with Gasteiger partial charge in [0, 0.05) is 40.3 Å². The van der Waals surface area contributed by atoms with Crippen LogP contribution in [0.1, 0.15) is 9.67 Å². The number of carbonyl (C=O) groups is 2. The molecule has 9 nitrogen and oxygen atoms in total. The first kappa shape index (κ1) is 22.8. The van der Waals surface area contributed by atoms with Crippen LogP contribution in [0.3, 0.4) is 0 Å². The van der Waals surface area contributed by atoms with E-state index in [0.29, 0.717) is 47.4 Å². The summed E-state index contributed by atoms with van der Waals surface area (Å²) in [6.07, 6.45) is 0. The summed E-state index contributed by atoms with van der Waals surface area (Å²) in [6, 6.07) is 8.15. The van der Waals surface area contributed by atoms with Gasteiger partial charge in [-0.05, 0) is 29.6 Å². The molecule has 0 saturated carbocycles. The van der Waals surface area contributed by atoms with Gasteiger partial charge in [0.05, 0.1) is 15.5 Å². The number of thiophene rings is 1. The van der Waals surface area contributed by atoms with Crippen molar-refractivity contribution in [3.05, 3.63) is 40.6 Å². The first-order valence-corrected chi connectivity index (χ1v) is 13.1. The van der Waals surface area contributed by atoms with Gasteiger partial charge in [0.1, 0.15) is 5.52 Å². The van der Waals surface area contributed by atoms with E-state index >= 15 is 0 Å². The number of rotatable bonds is 6. The maximum atomic E-state index is 12.6. The number of sulfonamides is 1. The van der Waals surface area contributed by atoms with Crippen LogP contribution in [-0.2, 0) is 14.8 Å². The van der Waals surface area contributed by atoms with Crippen molar-refractivity contribution >= 4 is 56.0 Å². The molecule has 1 aromatic carbocycles. The van der Waals surface area contributed by atoms with Crippen LogP contribution in [-0.4, -0.2) is 85.3 Å². The molecule has 0 aliphatic carbocycles. The molecular formula is C20H22N4O5S3. The molecule has 1 aliphatic heterocycles. The van der Waals surface area contributed by atoms with Crippen molar-refractivity contribution in [2.45, 2.75) is 10.1 Å². The minimum absolute atomic E-state index is 0.00333. The van der Waals surface area contributed by atoms with Gasteiger partial charge in [-0.15, -0.1) is 11.3 Å². The summed E-state index contributed by atoms with van der Waals surface area (Å²) in [5.41, 5.74) is 0.877. The highest BCUT2D eigenvalue weighted by molar-refractivity contribution is 7.99. The number of benzene rings is 1. The van der Waals surface area contributed by atoms with E-state index in [2.05, 4.69) is 4.98 Å². The molecule has 0 radical (unpaired) electrons. The van der Waals surface area contributed by atoms with E-state index < -0.39 is 10.0 Å². The Morgan fingerprint density at radius 2 is 1.88 bits per heavy atom. The molecule has 1 fully saturated rings. The third-order valence-electron chi connectivity index (χ3n) is 5.09. The number of carbonyl (C=O) groups excluding carboxylic acids is 2. The Bertz CT molecular complexity index is 1230. The zero-order valence-corrected chi connectivity index (χ0v) is 20.0. The number of hydrogen-bond acceptors (Lipinski definition) is 8. The van der Waals surface area contributed by atoms with Gasteiger partial charge in [0.2, 0.25) is 15.9 Å². The second-order valence-electron chi connectivity index (χ2n) is 7.34. The van der Waals surface area contributed by atoms with Crippen molar-refractivity contribution in [2.24, 2.45) is 0 Å². The normalized spacial score (nSPS) is 15.0. The highest BCUT2D eigenvalue weighted by Crippen LogP contribution is 2.26. The number of thioether (sulfide) groups is 1. The fourth-order valence-corrected chi connectivity index (χ4v) is 5.60. The van der Waals surface area contributed by atoms with Crippen molar-refractivity contribution < 1.29 is 22.4 Å². The average molecular weight is 495 g/mol. The molecule has 3 heterocycles. The predicted molar refractivity (Wildman–Crippen MR) is 122 cm³/mol. The molecule has 0 spiro atoms. The molecule has 2 amide bonds. The second kappa shape index (κ2) is 9.22. The zero-order valence-electron chi connectivity index (χ0n) is 17.6. The van der Waals surface area contributed by atoms with Gasteiger partial charge < -0.3 is 14.2 Å². The van der Waals surface area contributed by atoms with Crippen LogP contribution >= 0.6 is 23.1 Å². The van der Waals surface area contributed by atoms with E-state index in [0.717, 1.165) is 16.1 Å². The van der Waals surface area contributed by atoms with Crippen molar-refractivity contribution in [3.63, 3.8) is 0 Å². The molecule has 0 bridgehead atoms. The second-order valence-corrected chi connectivity index (χ2v) is 11.4. The van der Waals surface area contributed by atoms with Crippen LogP contribution in [0.5, 0.6) is 0 Å². The van der Waals surface area contributed by atoms with Crippen molar-refractivity contribution in [3.8, 4) is 0 Å². The lowest BCUT2D eigenvalue weighted by Crippen LogP contribution is -2.51. The number of oxazole rings is 1. The Labute approximate surface area is 194 Å². The van der Waals surface area contributed by atoms with Crippen LogP contribution in [0.25, 0.3) is 11.1 Å². The molecule has 0 N–H and O–H groups in total. The lowest BCUT2D eigenvalue weighted by Gasteiger charge is -2.34. The minimum atomic E-state index is -3.57. The van der Waals surface area contributed by atoms with E-state index in [1.807, 2.05) is 11.4 Å². The number of amides is 2. The molecule has 170 valence electrons. The first-order valence-electron chi connectivity index (χ1n) is 9.82. The smallest absolute Gasteiger partial charge is 0.264 e. The Balaban J connectivity index is 1.33. The van der Waals surface area contributed by atoms with Crippen LogP contribution in [0.4, 0.5) is 0 Å². The number of aromatic nitrogens is 1. The molecular weight excluding hydrogens is 472 g/mol. The largest absolute Gasteiger partial charge is 0.431 e. The van der Waals surface area contributed by atoms with E-state index in [9.17, 15) is 18.0 Å². The van der Waals surface area contributed by atoms with Gasteiger partial charge in [-0.3, -0.25) is 9.59 Å². The number of piperazine rings is 1. The van der Waals surface area contributed by atoms with Crippen LogP contribution < -0.4 is 0 Å². The SMILES string of the molecule is CN(C)S(=O)(=O)c1ccc2oc(SCC(=O)N3CCN(C(=O)c4cccs4)CC3)nc2c1. The lowest BCUT2D eigenvalue weighted by atomic mass is 10.3. The summed E-state index contributed by atoms with van der Waals surface area (Å²) in [5.74, 6) is 0.0918. The number of nitrogens with zero attached hydrogens (tertiary/aromatic N) is 4. The van der Waals surface area contributed by atoms with Crippen molar-refractivity contribution in [1.29, 1.82) is 0 Å². The van der Waals surface area contributed by atoms with Crippen LogP contribution in [0.15, 0.2) is 50.2 Å². The fraction of sp³-hybridized carbons (Fsp3) is 0.350. The van der Waals surface area contributed by atoms with Gasteiger partial charge in [-0.1, -0.05) is 17.8 Å². The standard InChI is InChI=1S/C20H22N4O5S3/c1-22(2)32(27,28)14-5-6-16-15(12-14)21-20(29-16)31-13-18(25)23-7-9-24(10-8-23)19(26)17-4-3-11-30-17/h3-6,11-12H,7-10,13H2,1-2H3.